The van der Waals surface area contributed by atoms with E-state index in [4.69, 9.17) is 0 Å². The van der Waals surface area contributed by atoms with Crippen molar-refractivity contribution in [2.24, 2.45) is 0 Å². The first kappa shape index (κ1) is 21.9. The second-order valence-corrected chi connectivity index (χ2v) is 9.80. The van der Waals surface area contributed by atoms with Crippen LogP contribution < -0.4 is 5.32 Å². The van der Waals surface area contributed by atoms with Crippen molar-refractivity contribution in [2.45, 2.75) is 21.5 Å². The number of nitrogens with zero attached hydrogens (tertiary/aromatic N) is 1. The molecule has 0 bridgehead atoms. The van der Waals surface area contributed by atoms with Gasteiger partial charge in [0.2, 0.25) is 15.7 Å². The normalized spacial score (nSPS) is 11.2. The molecule has 2 N–H and O–H groups in total. The molecule has 1 heterocycles. The van der Waals surface area contributed by atoms with E-state index in [9.17, 15) is 13.2 Å². The van der Waals surface area contributed by atoms with E-state index in [2.05, 4.69) is 15.3 Å². The molecule has 6 nitrogen and oxygen atoms in total. The van der Waals surface area contributed by atoms with Gasteiger partial charge >= 0.3 is 0 Å². The Morgan fingerprint density at radius 1 is 0.875 bits per heavy atom. The Kier molecular flexibility index (Phi) is 6.72. The van der Waals surface area contributed by atoms with Gasteiger partial charge in [0, 0.05) is 12.1 Å². The molecule has 0 aliphatic rings. The number of amides is 1. The monoisotopic (exact) mass is 463 g/mol. The molecule has 4 rings (SSSR count). The summed E-state index contributed by atoms with van der Waals surface area (Å²) in [5, 5.41) is 3.11. The second-order valence-electron chi connectivity index (χ2n) is 6.95. The van der Waals surface area contributed by atoms with Gasteiger partial charge in [-0.05, 0) is 17.7 Å². The van der Waals surface area contributed by atoms with Crippen molar-refractivity contribution in [3.63, 3.8) is 0 Å². The summed E-state index contributed by atoms with van der Waals surface area (Å²) in [6.07, 6.45) is 0. The van der Waals surface area contributed by atoms with Crippen LogP contribution in [0.5, 0.6) is 0 Å². The van der Waals surface area contributed by atoms with E-state index in [0.29, 0.717) is 12.4 Å². The van der Waals surface area contributed by atoms with E-state index >= 15 is 0 Å². The van der Waals surface area contributed by atoms with Crippen LogP contribution in [0.2, 0.25) is 0 Å². The number of aromatic amines is 1. The molecule has 0 atom stereocenters. The Morgan fingerprint density at radius 2 is 1.47 bits per heavy atom. The zero-order valence-corrected chi connectivity index (χ0v) is 18.7. The topological polar surface area (TPSA) is 91.9 Å². The fourth-order valence-corrected chi connectivity index (χ4v) is 5.52. The standard InChI is InChI=1S/C24H21N3O3S2/c28-21(25-16-18-10-4-1-5-11-18)17-31-23-24(32(29,30)20-14-8-3-9-15-20)27-22(26-23)19-12-6-2-7-13-19/h1-15H,16-17H2,(H,25,28)(H,26,27). The second kappa shape index (κ2) is 9.84. The molecule has 0 aliphatic heterocycles. The number of thioether (sulfide) groups is 1. The van der Waals surface area contributed by atoms with E-state index in [1.807, 2.05) is 60.7 Å². The number of rotatable bonds is 8. The largest absolute Gasteiger partial charge is 0.351 e. The van der Waals surface area contributed by atoms with E-state index < -0.39 is 9.84 Å². The average molecular weight is 464 g/mol. The van der Waals surface area contributed by atoms with Gasteiger partial charge in [-0.15, -0.1) is 0 Å². The van der Waals surface area contributed by atoms with Gasteiger partial charge in [0.25, 0.3) is 0 Å². The highest BCUT2D eigenvalue weighted by Gasteiger charge is 2.26. The van der Waals surface area contributed by atoms with Crippen LogP contribution in [0.1, 0.15) is 5.56 Å². The highest BCUT2D eigenvalue weighted by molar-refractivity contribution is 8.00. The van der Waals surface area contributed by atoms with Crippen LogP contribution in [-0.4, -0.2) is 30.0 Å². The van der Waals surface area contributed by atoms with Crippen LogP contribution in [-0.2, 0) is 21.2 Å². The molecule has 0 saturated carbocycles. The van der Waals surface area contributed by atoms with E-state index in [1.54, 1.807) is 30.3 Å². The third-order valence-corrected chi connectivity index (χ3v) is 7.51. The summed E-state index contributed by atoms with van der Waals surface area (Å²) >= 11 is 1.09. The molecule has 0 radical (unpaired) electrons. The minimum Gasteiger partial charge on any atom is -0.351 e. The quantitative estimate of drug-likeness (QED) is 0.380. The number of benzene rings is 3. The van der Waals surface area contributed by atoms with Crippen LogP contribution in [0.3, 0.4) is 0 Å². The Balaban J connectivity index is 1.57. The Bertz CT molecular complexity index is 1290. The van der Waals surface area contributed by atoms with Gasteiger partial charge in [-0.2, -0.15) is 0 Å². The van der Waals surface area contributed by atoms with Gasteiger partial charge in [0.1, 0.15) is 10.9 Å². The maximum Gasteiger partial charge on any atom is 0.230 e. The lowest BCUT2D eigenvalue weighted by Crippen LogP contribution is -2.24. The lowest BCUT2D eigenvalue weighted by Gasteiger charge is -2.06. The first-order chi connectivity index (χ1) is 15.5. The Hall–Kier alpha value is -3.36. The lowest BCUT2D eigenvalue weighted by atomic mass is 10.2. The van der Waals surface area contributed by atoms with Crippen LogP contribution in [0, 0.1) is 0 Å². The number of aromatic nitrogens is 2. The van der Waals surface area contributed by atoms with Gasteiger partial charge in [-0.25, -0.2) is 13.4 Å². The van der Waals surface area contributed by atoms with Crippen molar-refractivity contribution < 1.29 is 13.2 Å². The number of imidazole rings is 1. The van der Waals surface area contributed by atoms with Gasteiger partial charge in [0.15, 0.2) is 5.03 Å². The summed E-state index contributed by atoms with van der Waals surface area (Å²) in [6.45, 7) is 0.408. The zero-order chi connectivity index (χ0) is 22.4. The van der Waals surface area contributed by atoms with Crippen molar-refractivity contribution in [1.29, 1.82) is 0 Å². The first-order valence-electron chi connectivity index (χ1n) is 9.93. The van der Waals surface area contributed by atoms with Crippen LogP contribution in [0.25, 0.3) is 11.4 Å². The summed E-state index contributed by atoms with van der Waals surface area (Å²) < 4.78 is 26.5. The molecular formula is C24H21N3O3S2. The number of nitrogens with one attached hydrogen (secondary N) is 2. The van der Waals surface area contributed by atoms with Crippen molar-refractivity contribution in [1.82, 2.24) is 15.3 Å². The summed E-state index contributed by atoms with van der Waals surface area (Å²) in [5.41, 5.74) is 1.75. The molecule has 0 unspecified atom stereocenters. The Morgan fingerprint density at radius 3 is 2.12 bits per heavy atom. The average Bonchev–Trinajstić information content (AvgIpc) is 3.28. The number of sulfone groups is 1. The number of carbonyl (C=O) groups is 1. The maximum atomic E-state index is 13.3. The first-order valence-corrected chi connectivity index (χ1v) is 12.4. The molecule has 0 spiro atoms. The predicted molar refractivity (Wildman–Crippen MR) is 125 cm³/mol. The van der Waals surface area contributed by atoms with E-state index in [0.717, 1.165) is 22.9 Å². The SMILES string of the molecule is O=C(CSc1nc(-c2ccccc2)[nH]c1S(=O)(=O)c1ccccc1)NCc1ccccc1. The smallest absolute Gasteiger partial charge is 0.230 e. The number of hydrogen-bond acceptors (Lipinski definition) is 5. The summed E-state index contributed by atoms with van der Waals surface area (Å²) in [6, 6.07) is 27.0. The molecule has 0 saturated heterocycles. The number of hydrogen-bond donors (Lipinski definition) is 2. The minimum absolute atomic E-state index is 0.0107. The molecule has 1 aromatic heterocycles. The molecule has 1 amide bonds. The van der Waals surface area contributed by atoms with E-state index in [-0.39, 0.29) is 26.6 Å². The fourth-order valence-electron chi connectivity index (χ4n) is 3.05. The highest BCUT2D eigenvalue weighted by atomic mass is 32.2. The predicted octanol–water partition coefficient (Wildman–Crippen LogP) is 4.32. The van der Waals surface area contributed by atoms with Crippen molar-refractivity contribution in [3.05, 3.63) is 96.6 Å². The molecule has 0 fully saturated rings. The molecule has 4 aromatic rings. The maximum absolute atomic E-state index is 13.3. The van der Waals surface area contributed by atoms with Crippen molar-refractivity contribution in [3.8, 4) is 11.4 Å². The summed E-state index contributed by atoms with van der Waals surface area (Å²) in [4.78, 5) is 20.0. The zero-order valence-electron chi connectivity index (χ0n) is 17.1. The van der Waals surface area contributed by atoms with Crippen molar-refractivity contribution >= 4 is 27.5 Å². The van der Waals surface area contributed by atoms with Crippen LogP contribution in [0.15, 0.2) is 106 Å². The van der Waals surface area contributed by atoms with Gasteiger partial charge < -0.3 is 10.3 Å². The fraction of sp³-hybridized carbons (Fsp3) is 0.0833. The molecule has 162 valence electrons. The summed E-state index contributed by atoms with van der Waals surface area (Å²) in [5.74, 6) is 0.280. The minimum atomic E-state index is -3.83. The van der Waals surface area contributed by atoms with Gasteiger partial charge in [-0.1, -0.05) is 90.6 Å². The van der Waals surface area contributed by atoms with E-state index in [1.165, 1.54) is 0 Å². The molecular weight excluding hydrogens is 442 g/mol. The Labute approximate surface area is 191 Å². The molecule has 8 heteroatoms. The molecule has 0 aliphatic carbocycles. The molecule has 3 aromatic carbocycles. The number of carbonyl (C=O) groups excluding carboxylic acids is 1. The number of H-pyrrole nitrogens is 1. The lowest BCUT2D eigenvalue weighted by molar-refractivity contribution is -0.118. The van der Waals surface area contributed by atoms with Crippen LogP contribution in [0.4, 0.5) is 0 Å². The summed E-state index contributed by atoms with van der Waals surface area (Å²) in [7, 11) is -3.83. The van der Waals surface area contributed by atoms with Crippen LogP contribution >= 0.6 is 11.8 Å². The third-order valence-electron chi connectivity index (χ3n) is 4.68. The van der Waals surface area contributed by atoms with Gasteiger partial charge in [0.05, 0.1) is 10.6 Å². The van der Waals surface area contributed by atoms with Crippen molar-refractivity contribution in [2.75, 3.05) is 5.75 Å². The third kappa shape index (κ3) is 5.09. The molecule has 32 heavy (non-hydrogen) atoms. The van der Waals surface area contributed by atoms with Gasteiger partial charge in [-0.3, -0.25) is 4.79 Å². The highest BCUT2D eigenvalue weighted by Crippen LogP contribution is 2.31.